The van der Waals surface area contributed by atoms with E-state index in [2.05, 4.69) is 25.6 Å². The van der Waals surface area contributed by atoms with Gasteiger partial charge in [0.2, 0.25) is 5.95 Å². The number of anilines is 4. The molecule has 0 aliphatic rings. The molecule has 0 atom stereocenters. The molecule has 6 nitrogen and oxygen atoms in total. The molecule has 3 N–H and O–H groups in total. The van der Waals surface area contributed by atoms with Crippen LogP contribution in [0, 0.1) is 12.7 Å². The molecule has 0 spiro atoms. The van der Waals surface area contributed by atoms with E-state index < -0.39 is 0 Å². The zero-order valence-electron chi connectivity index (χ0n) is 15.3. The monoisotopic (exact) mass is 395 g/mol. The normalized spacial score (nSPS) is 10.8. The van der Waals surface area contributed by atoms with Crippen molar-refractivity contribution in [3.05, 3.63) is 66.2 Å². The highest BCUT2D eigenvalue weighted by atomic mass is 32.2. The number of fused-ring (bicyclic) bond motifs is 1. The Morgan fingerprint density at radius 3 is 2.86 bits per heavy atom. The summed E-state index contributed by atoms with van der Waals surface area (Å²) in [4.78, 5) is 11.8. The Bertz CT molecular complexity index is 1130. The van der Waals surface area contributed by atoms with Gasteiger partial charge in [-0.05, 0) is 43.3 Å². The van der Waals surface area contributed by atoms with Crippen LogP contribution in [-0.4, -0.2) is 21.2 Å². The Labute approximate surface area is 165 Å². The van der Waals surface area contributed by atoms with Crippen LogP contribution in [0.15, 0.2) is 54.7 Å². The van der Waals surface area contributed by atoms with Crippen molar-refractivity contribution >= 4 is 46.1 Å². The summed E-state index contributed by atoms with van der Waals surface area (Å²) in [5.74, 6) is 1.28. The van der Waals surface area contributed by atoms with E-state index in [0.717, 1.165) is 22.6 Å². The quantitative estimate of drug-likeness (QED) is 0.372. The molecule has 4 rings (SSSR count). The number of aryl methyl sites for hydroxylation is 1. The first-order chi connectivity index (χ1) is 13.6. The average molecular weight is 395 g/mol. The van der Waals surface area contributed by atoms with E-state index in [1.54, 1.807) is 24.4 Å². The molecule has 0 bridgehead atoms. The van der Waals surface area contributed by atoms with Crippen molar-refractivity contribution in [3.63, 3.8) is 0 Å². The SMILES string of the molecule is CSOc1cccc(Nc2nccc(Nc3ccc4[nH]c(C)cc4c3F)n2)c1. The van der Waals surface area contributed by atoms with Gasteiger partial charge in [0.05, 0.1) is 17.7 Å². The van der Waals surface area contributed by atoms with Gasteiger partial charge < -0.3 is 19.8 Å². The minimum atomic E-state index is -0.322. The zero-order valence-corrected chi connectivity index (χ0v) is 16.1. The van der Waals surface area contributed by atoms with Gasteiger partial charge in [0, 0.05) is 40.8 Å². The molecule has 0 amide bonds. The van der Waals surface area contributed by atoms with E-state index in [0.29, 0.717) is 22.8 Å². The Kier molecular flexibility index (Phi) is 5.03. The fraction of sp³-hybridized carbons (Fsp3) is 0.100. The first-order valence-electron chi connectivity index (χ1n) is 8.58. The fourth-order valence-corrected chi connectivity index (χ4v) is 3.18. The standard InChI is InChI=1S/C20H18FN5OS/c1-12-10-15-16(23-12)6-7-17(19(15)21)25-18-8-9-22-20(26-18)24-13-4-3-5-14(11-13)27-28-2/h3-11,23H,1-2H3,(H2,22,24,25,26). The van der Waals surface area contributed by atoms with Gasteiger partial charge in [-0.15, -0.1) is 0 Å². The molecule has 28 heavy (non-hydrogen) atoms. The van der Waals surface area contributed by atoms with Crippen molar-refractivity contribution in [1.82, 2.24) is 15.0 Å². The van der Waals surface area contributed by atoms with Crippen LogP contribution in [0.1, 0.15) is 5.69 Å². The largest absolute Gasteiger partial charge is 0.426 e. The number of H-pyrrole nitrogens is 1. The van der Waals surface area contributed by atoms with Gasteiger partial charge in [0.15, 0.2) is 5.82 Å². The Balaban J connectivity index is 1.56. The number of aromatic nitrogens is 3. The van der Waals surface area contributed by atoms with Crippen molar-refractivity contribution < 1.29 is 8.57 Å². The lowest BCUT2D eigenvalue weighted by Gasteiger charge is -2.10. The Hall–Kier alpha value is -3.26. The molecule has 8 heteroatoms. The van der Waals surface area contributed by atoms with Gasteiger partial charge in [-0.3, -0.25) is 0 Å². The van der Waals surface area contributed by atoms with E-state index in [4.69, 9.17) is 4.18 Å². The predicted octanol–water partition coefficient (Wildman–Crippen LogP) is 5.55. The highest BCUT2D eigenvalue weighted by Crippen LogP contribution is 2.28. The molecule has 0 unspecified atom stereocenters. The first kappa shape index (κ1) is 18.1. The Morgan fingerprint density at radius 2 is 2.00 bits per heavy atom. The maximum atomic E-state index is 14.8. The zero-order chi connectivity index (χ0) is 19.5. The number of benzene rings is 2. The second kappa shape index (κ2) is 7.77. The molecule has 142 valence electrons. The summed E-state index contributed by atoms with van der Waals surface area (Å²) < 4.78 is 20.2. The first-order valence-corrected chi connectivity index (χ1v) is 9.73. The van der Waals surface area contributed by atoms with Gasteiger partial charge in [-0.2, -0.15) is 4.98 Å². The van der Waals surface area contributed by atoms with E-state index >= 15 is 0 Å². The molecule has 2 aromatic carbocycles. The number of nitrogens with one attached hydrogen (secondary N) is 3. The Morgan fingerprint density at radius 1 is 1.11 bits per heavy atom. The maximum Gasteiger partial charge on any atom is 0.229 e. The van der Waals surface area contributed by atoms with Crippen LogP contribution in [-0.2, 0) is 0 Å². The van der Waals surface area contributed by atoms with E-state index in [9.17, 15) is 4.39 Å². The molecule has 4 aromatic rings. The summed E-state index contributed by atoms with van der Waals surface area (Å²) in [7, 11) is 0. The third kappa shape index (κ3) is 3.86. The maximum absolute atomic E-state index is 14.8. The lowest BCUT2D eigenvalue weighted by molar-refractivity contribution is 0.643. The highest BCUT2D eigenvalue weighted by molar-refractivity contribution is 7.94. The van der Waals surface area contributed by atoms with Crippen molar-refractivity contribution in [3.8, 4) is 5.75 Å². The third-order valence-corrected chi connectivity index (χ3v) is 4.42. The number of halogens is 1. The third-order valence-electron chi connectivity index (χ3n) is 4.06. The molecule has 2 aromatic heterocycles. The summed E-state index contributed by atoms with van der Waals surface area (Å²) in [6.45, 7) is 1.90. The van der Waals surface area contributed by atoms with E-state index in [1.165, 1.54) is 12.0 Å². The number of nitrogens with zero attached hydrogens (tertiary/aromatic N) is 2. The lowest BCUT2D eigenvalue weighted by Crippen LogP contribution is -2.01. The van der Waals surface area contributed by atoms with Crippen LogP contribution in [0.4, 0.5) is 27.5 Å². The second-order valence-corrected chi connectivity index (χ2v) is 6.63. The minimum absolute atomic E-state index is 0.322. The number of rotatable bonds is 6. The van der Waals surface area contributed by atoms with Crippen molar-refractivity contribution in [1.29, 1.82) is 0 Å². The molecule has 0 saturated heterocycles. The number of aromatic amines is 1. The average Bonchev–Trinajstić information content (AvgIpc) is 3.06. The van der Waals surface area contributed by atoms with E-state index in [1.807, 2.05) is 43.5 Å². The molecule has 2 heterocycles. The van der Waals surface area contributed by atoms with Crippen LogP contribution in [0.2, 0.25) is 0 Å². The smallest absolute Gasteiger partial charge is 0.229 e. The lowest BCUT2D eigenvalue weighted by atomic mass is 10.2. The number of hydrogen-bond acceptors (Lipinski definition) is 6. The van der Waals surface area contributed by atoms with Crippen LogP contribution in [0.3, 0.4) is 0 Å². The molecule has 0 aliphatic heterocycles. The second-order valence-electron chi connectivity index (χ2n) is 6.13. The van der Waals surface area contributed by atoms with Crippen molar-refractivity contribution in [2.24, 2.45) is 0 Å². The predicted molar refractivity (Wildman–Crippen MR) is 112 cm³/mol. The van der Waals surface area contributed by atoms with Gasteiger partial charge in [-0.1, -0.05) is 6.07 Å². The van der Waals surface area contributed by atoms with Gasteiger partial charge in [0.25, 0.3) is 0 Å². The summed E-state index contributed by atoms with van der Waals surface area (Å²) in [5.41, 5.74) is 2.82. The van der Waals surface area contributed by atoms with Gasteiger partial charge >= 0.3 is 0 Å². The summed E-state index contributed by atoms with van der Waals surface area (Å²) in [5, 5.41) is 6.69. The minimum Gasteiger partial charge on any atom is -0.426 e. The van der Waals surface area contributed by atoms with Crippen LogP contribution >= 0.6 is 12.0 Å². The van der Waals surface area contributed by atoms with Crippen LogP contribution in [0.25, 0.3) is 10.9 Å². The van der Waals surface area contributed by atoms with Crippen molar-refractivity contribution in [2.75, 3.05) is 16.9 Å². The van der Waals surface area contributed by atoms with Crippen LogP contribution < -0.4 is 14.8 Å². The molecular formula is C20H18FN5OS. The molecule has 0 fully saturated rings. The number of hydrogen-bond donors (Lipinski definition) is 3. The van der Waals surface area contributed by atoms with Crippen LogP contribution in [0.5, 0.6) is 5.75 Å². The summed E-state index contributed by atoms with van der Waals surface area (Å²) in [6, 6.07) is 14.5. The molecule has 0 radical (unpaired) electrons. The van der Waals surface area contributed by atoms with Crippen molar-refractivity contribution in [2.45, 2.75) is 6.92 Å². The van der Waals surface area contributed by atoms with Gasteiger partial charge in [-0.25, -0.2) is 9.37 Å². The summed E-state index contributed by atoms with van der Waals surface area (Å²) >= 11 is 1.27. The fourth-order valence-electron chi connectivity index (χ4n) is 2.88. The molecule has 0 saturated carbocycles. The highest BCUT2D eigenvalue weighted by Gasteiger charge is 2.10. The van der Waals surface area contributed by atoms with E-state index in [-0.39, 0.29) is 5.82 Å². The molecular weight excluding hydrogens is 377 g/mol. The topological polar surface area (TPSA) is 74.9 Å². The molecule has 0 aliphatic carbocycles. The summed E-state index contributed by atoms with van der Waals surface area (Å²) in [6.07, 6.45) is 3.46. The van der Waals surface area contributed by atoms with Gasteiger partial charge in [0.1, 0.15) is 11.6 Å².